The van der Waals surface area contributed by atoms with Crippen molar-refractivity contribution in [2.24, 2.45) is 0 Å². The highest BCUT2D eigenvalue weighted by Crippen LogP contribution is 2.34. The largest absolute Gasteiger partial charge is 0.464 e. The molecule has 31 heavy (non-hydrogen) atoms. The maximum Gasteiger partial charge on any atom is 0.280 e. The first-order valence-electron chi connectivity index (χ1n) is 10.2. The summed E-state index contributed by atoms with van der Waals surface area (Å²) in [5.74, 6) is 0.315. The molecule has 0 saturated heterocycles. The molecule has 8 heteroatoms. The Morgan fingerprint density at radius 3 is 2.52 bits per heavy atom. The number of carbonyl (C=O) groups is 2. The van der Waals surface area contributed by atoms with Crippen LogP contribution < -0.4 is 10.2 Å². The summed E-state index contributed by atoms with van der Waals surface area (Å²) >= 11 is 1.09. The van der Waals surface area contributed by atoms with E-state index >= 15 is 0 Å². The highest BCUT2D eigenvalue weighted by Gasteiger charge is 2.38. The third kappa shape index (κ3) is 4.85. The fraction of sp³-hybridized carbons (Fsp3) is 0.391. The zero-order valence-corrected chi connectivity index (χ0v) is 19.5. The van der Waals surface area contributed by atoms with Gasteiger partial charge >= 0.3 is 0 Å². The number of anilines is 1. The average molecular weight is 441 g/mol. The molecule has 2 aromatic heterocycles. The Morgan fingerprint density at radius 1 is 1.19 bits per heavy atom. The van der Waals surface area contributed by atoms with E-state index in [0.717, 1.165) is 29.1 Å². The lowest BCUT2D eigenvalue weighted by atomic mass is 9.99. The third-order valence-electron chi connectivity index (χ3n) is 5.52. The van der Waals surface area contributed by atoms with E-state index in [0.29, 0.717) is 17.2 Å². The third-order valence-corrected chi connectivity index (χ3v) is 6.02. The quantitative estimate of drug-likeness (QED) is 0.573. The molecule has 0 saturated carbocycles. The lowest BCUT2D eigenvalue weighted by Crippen LogP contribution is -2.50. The minimum atomic E-state index is -1.01. The van der Waals surface area contributed by atoms with Gasteiger partial charge in [0.1, 0.15) is 11.5 Å². The standard InChI is InChI=1S/C23H28N4O3S/c1-7-23(5,6)24-21(28)20(19-12-11-15(3)30-19)27(22(29)17-13-31-26-25-17)18-10-8-9-14(2)16(18)4/h8-13,20H,7H2,1-6H3,(H,24,28)/t20-/m0/s1. The van der Waals surface area contributed by atoms with Crippen LogP contribution in [0, 0.1) is 20.8 Å². The van der Waals surface area contributed by atoms with Crippen molar-refractivity contribution in [3.05, 3.63) is 64.1 Å². The zero-order chi connectivity index (χ0) is 22.8. The van der Waals surface area contributed by atoms with E-state index in [2.05, 4.69) is 14.9 Å². The van der Waals surface area contributed by atoms with Gasteiger partial charge in [0.25, 0.3) is 11.8 Å². The first-order valence-corrected chi connectivity index (χ1v) is 11.0. The first-order chi connectivity index (χ1) is 14.6. The number of hydrogen-bond donors (Lipinski definition) is 1. The van der Waals surface area contributed by atoms with Gasteiger partial charge in [0, 0.05) is 16.6 Å². The molecule has 2 heterocycles. The molecule has 0 spiro atoms. The van der Waals surface area contributed by atoms with E-state index in [-0.39, 0.29) is 11.6 Å². The van der Waals surface area contributed by atoms with E-state index in [1.807, 2.05) is 59.7 Å². The van der Waals surface area contributed by atoms with Crippen molar-refractivity contribution >= 4 is 29.0 Å². The van der Waals surface area contributed by atoms with Crippen LogP contribution in [0.4, 0.5) is 5.69 Å². The fourth-order valence-corrected chi connectivity index (χ4v) is 3.64. The molecule has 0 radical (unpaired) electrons. The van der Waals surface area contributed by atoms with Crippen molar-refractivity contribution in [1.82, 2.24) is 14.9 Å². The van der Waals surface area contributed by atoms with Crippen molar-refractivity contribution in [3.63, 3.8) is 0 Å². The Bertz CT molecular complexity index is 1070. The molecular formula is C23H28N4O3S. The van der Waals surface area contributed by atoms with Crippen LogP contribution in [0.3, 0.4) is 0 Å². The summed E-state index contributed by atoms with van der Waals surface area (Å²) in [7, 11) is 0. The molecule has 0 aliphatic carbocycles. The number of furan rings is 1. The monoisotopic (exact) mass is 440 g/mol. The van der Waals surface area contributed by atoms with E-state index in [4.69, 9.17) is 4.42 Å². The van der Waals surface area contributed by atoms with Crippen LogP contribution in [0.1, 0.15) is 66.4 Å². The van der Waals surface area contributed by atoms with Crippen LogP contribution in [0.2, 0.25) is 0 Å². The van der Waals surface area contributed by atoms with Crippen LogP contribution >= 0.6 is 11.5 Å². The molecule has 164 valence electrons. The van der Waals surface area contributed by atoms with Gasteiger partial charge in [-0.25, -0.2) is 0 Å². The molecule has 1 N–H and O–H groups in total. The summed E-state index contributed by atoms with van der Waals surface area (Å²) < 4.78 is 9.70. The number of carbonyl (C=O) groups excluding carboxylic acids is 2. The van der Waals surface area contributed by atoms with Gasteiger partial charge in [-0.15, -0.1) is 5.10 Å². The van der Waals surface area contributed by atoms with Crippen LogP contribution in [-0.4, -0.2) is 26.9 Å². The smallest absolute Gasteiger partial charge is 0.280 e. The van der Waals surface area contributed by atoms with Crippen molar-refractivity contribution in [3.8, 4) is 0 Å². The summed E-state index contributed by atoms with van der Waals surface area (Å²) in [4.78, 5) is 28.7. The van der Waals surface area contributed by atoms with Gasteiger partial charge in [0.2, 0.25) is 0 Å². The molecule has 1 aromatic carbocycles. The number of rotatable bonds is 7. The van der Waals surface area contributed by atoms with E-state index < -0.39 is 17.5 Å². The molecule has 7 nitrogen and oxygen atoms in total. The van der Waals surface area contributed by atoms with Crippen LogP contribution in [0.5, 0.6) is 0 Å². The summed E-state index contributed by atoms with van der Waals surface area (Å²) in [6.45, 7) is 11.6. The Hall–Kier alpha value is -3.00. The average Bonchev–Trinajstić information content (AvgIpc) is 3.39. The number of nitrogens with zero attached hydrogens (tertiary/aromatic N) is 3. The Labute approximate surface area is 186 Å². The molecule has 0 unspecified atom stereocenters. The summed E-state index contributed by atoms with van der Waals surface area (Å²) in [5, 5.41) is 8.62. The van der Waals surface area contributed by atoms with Crippen molar-refractivity contribution in [2.45, 2.75) is 59.5 Å². The topological polar surface area (TPSA) is 88.3 Å². The number of amides is 2. The van der Waals surface area contributed by atoms with Gasteiger partial charge in [-0.05, 0) is 81.9 Å². The number of benzene rings is 1. The molecule has 0 aliphatic heterocycles. The Morgan fingerprint density at radius 2 is 1.94 bits per heavy atom. The van der Waals surface area contributed by atoms with Crippen molar-refractivity contribution in [2.75, 3.05) is 4.90 Å². The normalized spacial score (nSPS) is 12.5. The van der Waals surface area contributed by atoms with Gasteiger partial charge in [-0.3, -0.25) is 14.5 Å². The molecule has 0 aliphatic rings. The first kappa shape index (κ1) is 22.7. The molecule has 3 aromatic rings. The highest BCUT2D eigenvalue weighted by atomic mass is 32.1. The minimum absolute atomic E-state index is 0.182. The van der Waals surface area contributed by atoms with E-state index in [1.54, 1.807) is 17.5 Å². The number of hydrogen-bond acceptors (Lipinski definition) is 6. The number of nitrogens with one attached hydrogen (secondary N) is 1. The lowest BCUT2D eigenvalue weighted by Gasteiger charge is -2.34. The number of aryl methyl sites for hydroxylation is 2. The number of aromatic nitrogens is 2. The van der Waals surface area contributed by atoms with E-state index in [1.165, 1.54) is 4.90 Å². The molecule has 3 rings (SSSR count). The van der Waals surface area contributed by atoms with Crippen LogP contribution in [0.15, 0.2) is 40.1 Å². The highest BCUT2D eigenvalue weighted by molar-refractivity contribution is 7.03. The van der Waals surface area contributed by atoms with Gasteiger partial charge < -0.3 is 9.73 Å². The Balaban J connectivity index is 2.20. The second-order valence-corrected chi connectivity index (χ2v) is 8.87. The van der Waals surface area contributed by atoms with E-state index in [9.17, 15) is 9.59 Å². The predicted octanol–water partition coefficient (Wildman–Crippen LogP) is 4.75. The Kier molecular flexibility index (Phi) is 6.59. The van der Waals surface area contributed by atoms with Crippen molar-refractivity contribution in [1.29, 1.82) is 0 Å². The van der Waals surface area contributed by atoms with Gasteiger partial charge in [-0.1, -0.05) is 23.5 Å². The second kappa shape index (κ2) is 9.01. The lowest BCUT2D eigenvalue weighted by molar-refractivity contribution is -0.124. The maximum absolute atomic E-state index is 13.6. The van der Waals surface area contributed by atoms with Crippen molar-refractivity contribution < 1.29 is 14.0 Å². The molecular weight excluding hydrogens is 412 g/mol. The summed E-state index contributed by atoms with van der Waals surface area (Å²) in [5.41, 5.74) is 2.27. The zero-order valence-electron chi connectivity index (χ0n) is 18.7. The minimum Gasteiger partial charge on any atom is -0.464 e. The van der Waals surface area contributed by atoms with Crippen LogP contribution in [-0.2, 0) is 4.79 Å². The molecule has 1 atom stereocenters. The maximum atomic E-state index is 13.6. The molecule has 0 bridgehead atoms. The SMILES string of the molecule is CCC(C)(C)NC(=O)[C@H](c1ccc(C)o1)N(C(=O)c1csnn1)c1cccc(C)c1C. The summed E-state index contributed by atoms with van der Waals surface area (Å²) in [6, 6.07) is 8.20. The van der Waals surface area contributed by atoms with Gasteiger partial charge in [0.05, 0.1) is 0 Å². The second-order valence-electron chi connectivity index (χ2n) is 8.26. The predicted molar refractivity (Wildman–Crippen MR) is 121 cm³/mol. The molecule has 0 fully saturated rings. The molecule has 2 amide bonds. The van der Waals surface area contributed by atoms with Gasteiger partial charge in [-0.2, -0.15) is 0 Å². The van der Waals surface area contributed by atoms with Gasteiger partial charge in [0.15, 0.2) is 11.7 Å². The fourth-order valence-electron chi connectivity index (χ4n) is 3.21. The van der Waals surface area contributed by atoms with Crippen LogP contribution in [0.25, 0.3) is 0 Å². The summed E-state index contributed by atoms with van der Waals surface area (Å²) in [6.07, 6.45) is 0.732.